The van der Waals surface area contributed by atoms with E-state index in [9.17, 15) is 4.79 Å². The lowest BCUT2D eigenvalue weighted by molar-refractivity contribution is -0.136. The standard InChI is InChI=1S/C15H24N2O.CH4/c1-11(2)17(12(3)4)15(18)14(16)10-13-8-6-5-7-9-13;/h5-9,11-12,14H,10,16H2,1-4H3;1H4/t14-;/m1./s1. The number of hydrogen-bond donors (Lipinski definition) is 1. The molecular formula is C16H28N2O. The molecule has 0 heterocycles. The number of nitrogens with two attached hydrogens (primary N) is 1. The van der Waals surface area contributed by atoms with Crippen molar-refractivity contribution in [3.63, 3.8) is 0 Å². The Balaban J connectivity index is 0.00000324. The number of nitrogens with zero attached hydrogens (tertiary/aromatic N) is 1. The Morgan fingerprint density at radius 1 is 1.11 bits per heavy atom. The Labute approximate surface area is 117 Å². The molecule has 0 fully saturated rings. The molecule has 3 nitrogen and oxygen atoms in total. The molecule has 1 aromatic rings. The quantitative estimate of drug-likeness (QED) is 0.889. The van der Waals surface area contributed by atoms with E-state index in [0.29, 0.717) is 6.42 Å². The van der Waals surface area contributed by atoms with Crippen LogP contribution in [0.15, 0.2) is 30.3 Å². The first-order valence-corrected chi connectivity index (χ1v) is 6.55. The minimum absolute atomic E-state index is 0. The maximum atomic E-state index is 12.3. The van der Waals surface area contributed by atoms with Gasteiger partial charge in [0.1, 0.15) is 0 Å². The summed E-state index contributed by atoms with van der Waals surface area (Å²) in [6, 6.07) is 9.80. The van der Waals surface area contributed by atoms with Gasteiger partial charge in [0.2, 0.25) is 5.91 Å². The summed E-state index contributed by atoms with van der Waals surface area (Å²) in [5.74, 6) is 0.0313. The van der Waals surface area contributed by atoms with Crippen molar-refractivity contribution in [3.05, 3.63) is 35.9 Å². The van der Waals surface area contributed by atoms with Gasteiger partial charge < -0.3 is 10.6 Å². The predicted octanol–water partition coefficient (Wildman–Crippen LogP) is 2.84. The first-order valence-electron chi connectivity index (χ1n) is 6.55. The number of amides is 1. The number of benzene rings is 1. The second-order valence-corrected chi connectivity index (χ2v) is 5.23. The summed E-state index contributed by atoms with van der Waals surface area (Å²) >= 11 is 0. The van der Waals surface area contributed by atoms with E-state index in [4.69, 9.17) is 5.73 Å². The van der Waals surface area contributed by atoms with Crippen LogP contribution in [0.4, 0.5) is 0 Å². The molecule has 0 aromatic heterocycles. The third-order valence-electron chi connectivity index (χ3n) is 2.98. The van der Waals surface area contributed by atoms with Crippen LogP contribution in [0.5, 0.6) is 0 Å². The van der Waals surface area contributed by atoms with Crippen LogP contribution in [0.1, 0.15) is 40.7 Å². The molecule has 0 radical (unpaired) electrons. The van der Waals surface area contributed by atoms with Crippen molar-refractivity contribution < 1.29 is 4.79 Å². The Morgan fingerprint density at radius 2 is 1.58 bits per heavy atom. The van der Waals surface area contributed by atoms with Crippen molar-refractivity contribution >= 4 is 5.91 Å². The van der Waals surface area contributed by atoms with Gasteiger partial charge in [0.25, 0.3) is 0 Å². The van der Waals surface area contributed by atoms with Crippen LogP contribution >= 0.6 is 0 Å². The summed E-state index contributed by atoms with van der Waals surface area (Å²) in [6.07, 6.45) is 0.593. The second kappa shape index (κ2) is 7.95. The van der Waals surface area contributed by atoms with Crippen molar-refractivity contribution in [3.8, 4) is 0 Å². The fraction of sp³-hybridized carbons (Fsp3) is 0.562. The molecule has 1 amide bonds. The van der Waals surface area contributed by atoms with Crippen molar-refractivity contribution in [1.82, 2.24) is 4.90 Å². The van der Waals surface area contributed by atoms with Crippen LogP contribution in [0, 0.1) is 0 Å². The van der Waals surface area contributed by atoms with Crippen molar-refractivity contribution in [2.75, 3.05) is 0 Å². The molecule has 19 heavy (non-hydrogen) atoms. The Morgan fingerprint density at radius 3 is 2.00 bits per heavy atom. The van der Waals surface area contributed by atoms with E-state index in [-0.39, 0.29) is 25.4 Å². The summed E-state index contributed by atoms with van der Waals surface area (Å²) < 4.78 is 0. The molecule has 0 aliphatic heterocycles. The molecule has 0 unspecified atom stereocenters. The second-order valence-electron chi connectivity index (χ2n) is 5.23. The molecule has 0 spiro atoms. The largest absolute Gasteiger partial charge is 0.336 e. The fourth-order valence-electron chi connectivity index (χ4n) is 2.25. The molecule has 108 valence electrons. The van der Waals surface area contributed by atoms with E-state index in [1.54, 1.807) is 0 Å². The zero-order valence-corrected chi connectivity index (χ0v) is 11.8. The van der Waals surface area contributed by atoms with Gasteiger partial charge in [-0.2, -0.15) is 0 Å². The third kappa shape index (κ3) is 5.03. The van der Waals surface area contributed by atoms with Gasteiger partial charge in [-0.25, -0.2) is 0 Å². The topological polar surface area (TPSA) is 46.3 Å². The zero-order valence-electron chi connectivity index (χ0n) is 11.8. The van der Waals surface area contributed by atoms with Crippen LogP contribution in [-0.4, -0.2) is 28.9 Å². The molecule has 0 saturated heterocycles. The van der Waals surface area contributed by atoms with Gasteiger partial charge in [0.15, 0.2) is 0 Å². The molecule has 0 bridgehead atoms. The number of hydrogen-bond acceptors (Lipinski definition) is 2. The average Bonchev–Trinajstić information content (AvgIpc) is 2.29. The van der Waals surface area contributed by atoms with Crippen molar-refractivity contribution in [2.24, 2.45) is 5.73 Å². The van der Waals surface area contributed by atoms with E-state index < -0.39 is 6.04 Å². The van der Waals surface area contributed by atoms with Crippen LogP contribution < -0.4 is 5.73 Å². The van der Waals surface area contributed by atoms with Gasteiger partial charge in [0, 0.05) is 12.1 Å². The molecule has 0 aliphatic carbocycles. The van der Waals surface area contributed by atoms with E-state index >= 15 is 0 Å². The molecule has 0 saturated carbocycles. The SMILES string of the molecule is C.CC(C)N(C(=O)[C@H](N)Cc1ccccc1)C(C)C. The maximum Gasteiger partial charge on any atom is 0.240 e. The average molecular weight is 264 g/mol. The highest BCUT2D eigenvalue weighted by Crippen LogP contribution is 2.10. The van der Waals surface area contributed by atoms with E-state index in [1.165, 1.54) is 0 Å². The van der Waals surface area contributed by atoms with Gasteiger partial charge in [0.05, 0.1) is 6.04 Å². The Kier molecular flexibility index (Phi) is 7.38. The highest BCUT2D eigenvalue weighted by molar-refractivity contribution is 5.82. The summed E-state index contributed by atoms with van der Waals surface area (Å²) in [5, 5.41) is 0. The normalized spacial score (nSPS) is 12.2. The summed E-state index contributed by atoms with van der Waals surface area (Å²) in [4.78, 5) is 14.2. The number of carbonyl (C=O) groups excluding carboxylic acids is 1. The van der Waals surface area contributed by atoms with Gasteiger partial charge in [-0.1, -0.05) is 37.8 Å². The van der Waals surface area contributed by atoms with Crippen molar-refractivity contribution in [2.45, 2.75) is 59.7 Å². The molecule has 1 atom stereocenters. The molecule has 1 aromatic carbocycles. The van der Waals surface area contributed by atoms with Gasteiger partial charge in [-0.05, 0) is 39.7 Å². The smallest absolute Gasteiger partial charge is 0.240 e. The van der Waals surface area contributed by atoms with Crippen LogP contribution in [0.3, 0.4) is 0 Å². The zero-order chi connectivity index (χ0) is 13.7. The molecular weight excluding hydrogens is 236 g/mol. The van der Waals surface area contributed by atoms with Crippen LogP contribution in [-0.2, 0) is 11.2 Å². The van der Waals surface area contributed by atoms with E-state index in [0.717, 1.165) is 5.56 Å². The van der Waals surface area contributed by atoms with Gasteiger partial charge >= 0.3 is 0 Å². The van der Waals surface area contributed by atoms with Crippen LogP contribution in [0.25, 0.3) is 0 Å². The monoisotopic (exact) mass is 264 g/mol. The molecule has 2 N–H and O–H groups in total. The Bertz CT molecular complexity index is 366. The maximum absolute atomic E-state index is 12.3. The first kappa shape index (κ1) is 17.6. The van der Waals surface area contributed by atoms with Crippen LogP contribution in [0.2, 0.25) is 0 Å². The van der Waals surface area contributed by atoms with Crippen molar-refractivity contribution in [1.29, 1.82) is 0 Å². The fourth-order valence-corrected chi connectivity index (χ4v) is 2.25. The number of carbonyl (C=O) groups is 1. The minimum atomic E-state index is -0.461. The lowest BCUT2D eigenvalue weighted by Crippen LogP contribution is -2.50. The summed E-state index contributed by atoms with van der Waals surface area (Å²) in [7, 11) is 0. The van der Waals surface area contributed by atoms with Gasteiger partial charge in [-0.3, -0.25) is 4.79 Å². The summed E-state index contributed by atoms with van der Waals surface area (Å²) in [6.45, 7) is 8.08. The summed E-state index contributed by atoms with van der Waals surface area (Å²) in [5.41, 5.74) is 7.14. The predicted molar refractivity (Wildman–Crippen MR) is 82.0 cm³/mol. The molecule has 0 aliphatic rings. The highest BCUT2D eigenvalue weighted by Gasteiger charge is 2.25. The Hall–Kier alpha value is -1.35. The van der Waals surface area contributed by atoms with E-state index in [1.807, 2.05) is 62.9 Å². The minimum Gasteiger partial charge on any atom is -0.336 e. The third-order valence-corrected chi connectivity index (χ3v) is 2.98. The lowest BCUT2D eigenvalue weighted by atomic mass is 10.0. The highest BCUT2D eigenvalue weighted by atomic mass is 16.2. The first-order chi connectivity index (χ1) is 8.43. The van der Waals surface area contributed by atoms with E-state index in [2.05, 4.69) is 0 Å². The number of rotatable bonds is 5. The lowest BCUT2D eigenvalue weighted by Gasteiger charge is -2.33. The van der Waals surface area contributed by atoms with Gasteiger partial charge in [-0.15, -0.1) is 0 Å². The molecule has 3 heteroatoms. The molecule has 1 rings (SSSR count).